The number of nitro benzene ring substituents is 1. The highest BCUT2D eigenvalue weighted by atomic mass is 16.6. The zero-order valence-corrected chi connectivity index (χ0v) is 17.7. The molecule has 0 saturated heterocycles. The Labute approximate surface area is 181 Å². The molecular weight excluding hydrogens is 390 g/mol. The van der Waals surface area contributed by atoms with Crippen molar-refractivity contribution in [2.45, 2.75) is 33.1 Å². The van der Waals surface area contributed by atoms with Gasteiger partial charge in [-0.2, -0.15) is 9.97 Å². The number of hydrogen-bond donors (Lipinski definition) is 0. The number of ether oxygens (including phenoxy) is 1. The van der Waals surface area contributed by atoms with E-state index in [1.165, 1.54) is 30.5 Å². The van der Waals surface area contributed by atoms with Crippen LogP contribution in [0.5, 0.6) is 6.01 Å². The molecule has 6 heteroatoms. The minimum absolute atomic E-state index is 0.0209. The first-order chi connectivity index (χ1) is 14.9. The van der Waals surface area contributed by atoms with E-state index in [1.807, 2.05) is 30.3 Å². The topological polar surface area (TPSA) is 78.2 Å². The first-order valence-electron chi connectivity index (χ1n) is 10.8. The van der Waals surface area contributed by atoms with E-state index in [0.29, 0.717) is 40.5 Å². The lowest BCUT2D eigenvalue weighted by Gasteiger charge is -2.56. The maximum Gasteiger partial charge on any atom is 0.317 e. The molecular formula is C25H25N3O3. The lowest BCUT2D eigenvalue weighted by molar-refractivity contribution is -0.384. The summed E-state index contributed by atoms with van der Waals surface area (Å²) in [5.41, 5.74) is 4.06. The Morgan fingerprint density at radius 2 is 1.97 bits per heavy atom. The number of nitrogens with zero attached hydrogens (tertiary/aromatic N) is 3. The normalized spacial score (nSPS) is 21.3. The van der Waals surface area contributed by atoms with Gasteiger partial charge in [0.05, 0.1) is 22.7 Å². The van der Waals surface area contributed by atoms with Crippen LogP contribution in [0.25, 0.3) is 22.2 Å². The molecule has 1 heterocycles. The maximum atomic E-state index is 11.3. The number of nitro groups is 1. The molecule has 2 bridgehead atoms. The molecule has 3 aliphatic rings. The van der Waals surface area contributed by atoms with Crippen molar-refractivity contribution in [2.75, 3.05) is 6.61 Å². The summed E-state index contributed by atoms with van der Waals surface area (Å²) in [5, 5.41) is 11.9. The van der Waals surface area contributed by atoms with Gasteiger partial charge < -0.3 is 4.74 Å². The van der Waals surface area contributed by atoms with Gasteiger partial charge in [-0.05, 0) is 36.2 Å². The van der Waals surface area contributed by atoms with Gasteiger partial charge in [0.25, 0.3) is 5.69 Å². The Bertz CT molecular complexity index is 1190. The average Bonchev–Trinajstić information content (AvgIpc) is 2.78. The van der Waals surface area contributed by atoms with Crippen LogP contribution < -0.4 is 4.74 Å². The number of aromatic nitrogens is 2. The molecule has 158 valence electrons. The molecule has 31 heavy (non-hydrogen) atoms. The zero-order valence-electron chi connectivity index (χ0n) is 17.7. The van der Waals surface area contributed by atoms with Gasteiger partial charge in [-0.1, -0.05) is 55.8 Å². The highest BCUT2D eigenvalue weighted by molar-refractivity contribution is 5.93. The molecule has 3 aromatic rings. The predicted octanol–water partition coefficient (Wildman–Crippen LogP) is 5.97. The molecule has 2 aromatic carbocycles. The van der Waals surface area contributed by atoms with Crippen molar-refractivity contribution >= 4 is 16.6 Å². The zero-order chi connectivity index (χ0) is 21.6. The van der Waals surface area contributed by atoms with Crippen LogP contribution in [0, 0.1) is 27.4 Å². The molecule has 0 aliphatic heterocycles. The largest absolute Gasteiger partial charge is 0.463 e. The molecule has 0 radical (unpaired) electrons. The molecule has 6 rings (SSSR count). The van der Waals surface area contributed by atoms with Crippen LogP contribution in [0.4, 0.5) is 5.69 Å². The van der Waals surface area contributed by atoms with Gasteiger partial charge in [0.15, 0.2) is 0 Å². The fourth-order valence-corrected chi connectivity index (χ4v) is 5.11. The molecule has 1 fully saturated rings. The SMILES string of the molecule is CC1(C)C2CC=C(CCOc3nc(-c4ccccc4)c4cc([N+](=O)[O-])ccc4n3)C1C2. The van der Waals surface area contributed by atoms with E-state index >= 15 is 0 Å². The summed E-state index contributed by atoms with van der Waals surface area (Å²) >= 11 is 0. The van der Waals surface area contributed by atoms with Crippen LogP contribution in [0.15, 0.2) is 60.2 Å². The molecule has 1 aromatic heterocycles. The highest BCUT2D eigenvalue weighted by Gasteiger charge is 2.50. The molecule has 1 saturated carbocycles. The van der Waals surface area contributed by atoms with Crippen LogP contribution in [-0.2, 0) is 0 Å². The van der Waals surface area contributed by atoms with Gasteiger partial charge in [0, 0.05) is 29.5 Å². The Balaban J connectivity index is 1.42. The number of hydrogen-bond acceptors (Lipinski definition) is 5. The van der Waals surface area contributed by atoms with E-state index in [1.54, 1.807) is 6.07 Å². The van der Waals surface area contributed by atoms with Crippen LogP contribution in [0.3, 0.4) is 0 Å². The van der Waals surface area contributed by atoms with Gasteiger partial charge in [-0.25, -0.2) is 0 Å². The van der Waals surface area contributed by atoms with Crippen LogP contribution in [0.2, 0.25) is 0 Å². The highest BCUT2D eigenvalue weighted by Crippen LogP contribution is 2.59. The van der Waals surface area contributed by atoms with E-state index in [0.717, 1.165) is 17.9 Å². The monoisotopic (exact) mass is 415 g/mol. The fourth-order valence-electron chi connectivity index (χ4n) is 5.11. The second-order valence-corrected chi connectivity index (χ2v) is 9.10. The lowest BCUT2D eigenvalue weighted by atomic mass is 9.48. The van der Waals surface area contributed by atoms with Crippen molar-refractivity contribution in [3.05, 3.63) is 70.3 Å². The summed E-state index contributed by atoms with van der Waals surface area (Å²) in [5.74, 6) is 1.48. The number of allylic oxidation sites excluding steroid dienone is 1. The van der Waals surface area contributed by atoms with Gasteiger partial charge in [-0.3, -0.25) is 10.1 Å². The summed E-state index contributed by atoms with van der Waals surface area (Å²) in [7, 11) is 0. The molecule has 0 spiro atoms. The Morgan fingerprint density at radius 1 is 1.16 bits per heavy atom. The minimum Gasteiger partial charge on any atom is -0.463 e. The lowest BCUT2D eigenvalue weighted by Crippen LogP contribution is -2.48. The van der Waals surface area contributed by atoms with Crippen molar-refractivity contribution in [3.63, 3.8) is 0 Å². The van der Waals surface area contributed by atoms with Gasteiger partial charge in [0.1, 0.15) is 0 Å². The third-order valence-electron chi connectivity index (χ3n) is 7.12. The number of fused-ring (bicyclic) bond motifs is 2. The first-order valence-corrected chi connectivity index (χ1v) is 10.8. The van der Waals surface area contributed by atoms with Crippen molar-refractivity contribution < 1.29 is 9.66 Å². The molecule has 3 aliphatic carbocycles. The van der Waals surface area contributed by atoms with Gasteiger partial charge >= 0.3 is 6.01 Å². The van der Waals surface area contributed by atoms with Crippen molar-refractivity contribution in [1.82, 2.24) is 9.97 Å². The van der Waals surface area contributed by atoms with Gasteiger partial charge in [0.2, 0.25) is 0 Å². The molecule has 2 atom stereocenters. The second kappa shape index (κ2) is 7.45. The number of non-ortho nitro benzene ring substituents is 1. The average molecular weight is 415 g/mol. The Morgan fingerprint density at radius 3 is 2.68 bits per heavy atom. The third kappa shape index (κ3) is 3.46. The quantitative estimate of drug-likeness (QED) is 0.282. The van der Waals surface area contributed by atoms with Gasteiger partial charge in [-0.15, -0.1) is 0 Å². The first kappa shape index (κ1) is 19.7. The fraction of sp³-hybridized carbons (Fsp3) is 0.360. The predicted molar refractivity (Wildman–Crippen MR) is 120 cm³/mol. The standard InChI is InChI=1S/C25H25N3O3/c1-25(2)18-9-8-16(21(25)14-18)12-13-31-24-26-22-11-10-19(28(29)30)15-20(22)23(27-24)17-6-4-3-5-7-17/h3-8,10-11,15,18,21H,9,12-14H2,1-2H3. The summed E-state index contributed by atoms with van der Waals surface area (Å²) in [4.78, 5) is 20.0. The van der Waals surface area contributed by atoms with E-state index in [4.69, 9.17) is 4.74 Å². The minimum atomic E-state index is -0.400. The van der Waals surface area contributed by atoms with E-state index in [-0.39, 0.29) is 5.69 Å². The summed E-state index contributed by atoms with van der Waals surface area (Å²) in [6.07, 6.45) is 5.73. The smallest absolute Gasteiger partial charge is 0.317 e. The van der Waals surface area contributed by atoms with E-state index < -0.39 is 4.92 Å². The molecule has 6 nitrogen and oxygen atoms in total. The van der Waals surface area contributed by atoms with Crippen LogP contribution in [-0.4, -0.2) is 21.5 Å². The van der Waals surface area contributed by atoms with Crippen LogP contribution in [0.1, 0.15) is 33.1 Å². The van der Waals surface area contributed by atoms with Crippen LogP contribution >= 0.6 is 0 Å². The Hall–Kier alpha value is -3.28. The van der Waals surface area contributed by atoms with Crippen molar-refractivity contribution in [3.8, 4) is 17.3 Å². The Kier molecular flexibility index (Phi) is 4.73. The van der Waals surface area contributed by atoms with E-state index in [9.17, 15) is 10.1 Å². The van der Waals surface area contributed by atoms with Crippen molar-refractivity contribution in [1.29, 1.82) is 0 Å². The third-order valence-corrected chi connectivity index (χ3v) is 7.12. The number of rotatable bonds is 6. The summed E-state index contributed by atoms with van der Waals surface area (Å²) < 4.78 is 5.99. The summed E-state index contributed by atoms with van der Waals surface area (Å²) in [6.45, 7) is 5.27. The second-order valence-electron chi connectivity index (χ2n) is 9.10. The molecule has 0 N–H and O–H groups in total. The molecule has 0 amide bonds. The number of benzene rings is 2. The maximum absolute atomic E-state index is 11.3. The summed E-state index contributed by atoms with van der Waals surface area (Å²) in [6, 6.07) is 14.6. The van der Waals surface area contributed by atoms with Crippen molar-refractivity contribution in [2.24, 2.45) is 17.3 Å². The molecule has 2 unspecified atom stereocenters. The van der Waals surface area contributed by atoms with E-state index in [2.05, 4.69) is 29.9 Å².